The molecular formula is C8H7F3N2. The zero-order valence-electron chi connectivity index (χ0n) is 6.84. The van der Waals surface area contributed by atoms with E-state index in [1.807, 2.05) is 0 Å². The molecule has 0 aliphatic rings. The summed E-state index contributed by atoms with van der Waals surface area (Å²) >= 11 is 0. The van der Waals surface area contributed by atoms with Crippen LogP contribution in [0.2, 0.25) is 0 Å². The number of halogens is 3. The van der Waals surface area contributed by atoms with Crippen LogP contribution in [-0.4, -0.2) is 11.2 Å². The van der Waals surface area contributed by atoms with Crippen molar-refractivity contribution in [2.24, 2.45) is 4.99 Å². The largest absolute Gasteiger partial charge is 0.417 e. The van der Waals surface area contributed by atoms with Gasteiger partial charge in [-0.25, -0.2) is 0 Å². The van der Waals surface area contributed by atoms with Crippen molar-refractivity contribution in [3.05, 3.63) is 24.0 Å². The van der Waals surface area contributed by atoms with Gasteiger partial charge >= 0.3 is 6.18 Å². The van der Waals surface area contributed by atoms with Crippen molar-refractivity contribution in [2.75, 3.05) is 0 Å². The lowest BCUT2D eigenvalue weighted by Gasteiger charge is -2.05. The summed E-state index contributed by atoms with van der Waals surface area (Å²) in [5, 5.41) is 0. The molecule has 13 heavy (non-hydrogen) atoms. The minimum Gasteiger partial charge on any atom is -0.262 e. The highest BCUT2D eigenvalue weighted by atomic mass is 19.4. The molecule has 1 aromatic heterocycles. The van der Waals surface area contributed by atoms with Gasteiger partial charge in [-0.3, -0.25) is 9.98 Å². The Hall–Kier alpha value is -1.39. The van der Waals surface area contributed by atoms with Gasteiger partial charge in [-0.15, -0.1) is 0 Å². The maximum atomic E-state index is 12.1. The van der Waals surface area contributed by atoms with E-state index >= 15 is 0 Å². The first-order valence-corrected chi connectivity index (χ1v) is 3.55. The van der Waals surface area contributed by atoms with Crippen LogP contribution in [0.25, 0.3) is 0 Å². The first-order valence-electron chi connectivity index (χ1n) is 3.55. The summed E-state index contributed by atoms with van der Waals surface area (Å²) in [6, 6.07) is 0.951. The normalized spacial score (nSPS) is 12.3. The first-order chi connectivity index (χ1) is 6.04. The highest BCUT2D eigenvalue weighted by Crippen LogP contribution is 2.30. The second-order valence-electron chi connectivity index (χ2n) is 2.32. The molecule has 0 N–H and O–H groups in total. The van der Waals surface area contributed by atoms with E-state index in [0.717, 1.165) is 12.3 Å². The standard InChI is InChI=1S/C8H7F3N2/c1-2-13-7-3-6(4-12-5-7)8(9,10)11/h2-5H,1H3. The third-order valence-corrected chi connectivity index (χ3v) is 1.33. The molecule has 0 amide bonds. The molecule has 0 spiro atoms. The molecule has 2 nitrogen and oxygen atoms in total. The zero-order valence-corrected chi connectivity index (χ0v) is 6.84. The summed E-state index contributed by atoms with van der Waals surface area (Å²) in [5.41, 5.74) is -0.576. The van der Waals surface area contributed by atoms with E-state index in [-0.39, 0.29) is 5.69 Å². The van der Waals surface area contributed by atoms with Gasteiger partial charge in [0.15, 0.2) is 0 Å². The Bertz CT molecular complexity index is 317. The van der Waals surface area contributed by atoms with E-state index in [2.05, 4.69) is 9.98 Å². The molecule has 1 rings (SSSR count). The lowest BCUT2D eigenvalue weighted by Crippen LogP contribution is -2.04. The van der Waals surface area contributed by atoms with Gasteiger partial charge in [-0.05, 0) is 13.0 Å². The fourth-order valence-corrected chi connectivity index (χ4v) is 0.802. The van der Waals surface area contributed by atoms with Crippen molar-refractivity contribution in [3.8, 4) is 0 Å². The van der Waals surface area contributed by atoms with E-state index < -0.39 is 11.7 Å². The number of nitrogens with zero attached hydrogens (tertiary/aromatic N) is 2. The molecule has 0 aromatic carbocycles. The number of rotatable bonds is 1. The second kappa shape index (κ2) is 3.55. The Kier molecular flexibility index (Phi) is 2.65. The number of alkyl halides is 3. The van der Waals surface area contributed by atoms with E-state index in [1.54, 1.807) is 6.92 Å². The number of pyridine rings is 1. The van der Waals surface area contributed by atoms with Crippen molar-refractivity contribution < 1.29 is 13.2 Å². The Balaban J connectivity index is 3.05. The molecule has 0 aliphatic carbocycles. The molecule has 0 unspecified atom stereocenters. The maximum absolute atomic E-state index is 12.1. The molecule has 5 heteroatoms. The van der Waals surface area contributed by atoms with E-state index in [0.29, 0.717) is 0 Å². The SMILES string of the molecule is CC=Nc1cncc(C(F)(F)F)c1. The molecule has 1 heterocycles. The Morgan fingerprint density at radius 3 is 2.62 bits per heavy atom. The second-order valence-corrected chi connectivity index (χ2v) is 2.32. The lowest BCUT2D eigenvalue weighted by molar-refractivity contribution is -0.137. The van der Waals surface area contributed by atoms with Crippen LogP contribution in [0, 0.1) is 0 Å². The van der Waals surface area contributed by atoms with Gasteiger partial charge in [0.2, 0.25) is 0 Å². The van der Waals surface area contributed by atoms with Crippen LogP contribution in [0.15, 0.2) is 23.5 Å². The van der Waals surface area contributed by atoms with Gasteiger partial charge in [-0.1, -0.05) is 0 Å². The van der Waals surface area contributed by atoms with Crippen molar-refractivity contribution in [1.82, 2.24) is 4.98 Å². The Morgan fingerprint density at radius 2 is 2.08 bits per heavy atom. The van der Waals surface area contributed by atoms with Crippen LogP contribution in [-0.2, 0) is 6.18 Å². The summed E-state index contributed by atoms with van der Waals surface area (Å²) in [6.07, 6.45) is -0.895. The van der Waals surface area contributed by atoms with E-state index in [4.69, 9.17) is 0 Å². The van der Waals surface area contributed by atoms with Gasteiger partial charge in [-0.2, -0.15) is 13.2 Å². The van der Waals surface area contributed by atoms with Crippen LogP contribution < -0.4 is 0 Å². The minimum absolute atomic E-state index is 0.206. The van der Waals surface area contributed by atoms with Gasteiger partial charge in [0.25, 0.3) is 0 Å². The summed E-state index contributed by atoms with van der Waals surface area (Å²) in [5.74, 6) is 0. The lowest BCUT2D eigenvalue weighted by atomic mass is 10.2. The molecule has 0 saturated carbocycles. The quantitative estimate of drug-likeness (QED) is 0.622. The Morgan fingerprint density at radius 1 is 1.38 bits per heavy atom. The average molecular weight is 188 g/mol. The van der Waals surface area contributed by atoms with Crippen LogP contribution in [0.5, 0.6) is 0 Å². The Labute approximate surface area is 73.1 Å². The summed E-state index contributed by atoms with van der Waals surface area (Å²) in [4.78, 5) is 7.13. The van der Waals surface area contributed by atoms with Crippen molar-refractivity contribution in [3.63, 3.8) is 0 Å². The number of hydrogen-bond acceptors (Lipinski definition) is 2. The zero-order chi connectivity index (χ0) is 9.90. The number of hydrogen-bond donors (Lipinski definition) is 0. The fourth-order valence-electron chi connectivity index (χ4n) is 0.802. The maximum Gasteiger partial charge on any atom is 0.417 e. The van der Waals surface area contributed by atoms with Crippen molar-refractivity contribution >= 4 is 11.9 Å². The van der Waals surface area contributed by atoms with Crippen LogP contribution in [0.4, 0.5) is 18.9 Å². The van der Waals surface area contributed by atoms with Crippen LogP contribution in [0.1, 0.15) is 12.5 Å². The van der Waals surface area contributed by atoms with E-state index in [9.17, 15) is 13.2 Å². The average Bonchev–Trinajstić information content (AvgIpc) is 2.04. The molecule has 0 aliphatic heterocycles. The monoisotopic (exact) mass is 188 g/mol. The minimum atomic E-state index is -4.35. The van der Waals surface area contributed by atoms with Crippen molar-refractivity contribution in [1.29, 1.82) is 0 Å². The predicted octanol–water partition coefficient (Wildman–Crippen LogP) is 2.82. The van der Waals surface area contributed by atoms with Gasteiger partial charge < -0.3 is 0 Å². The number of aliphatic imine (C=N–C) groups is 1. The highest BCUT2D eigenvalue weighted by Gasteiger charge is 2.30. The fraction of sp³-hybridized carbons (Fsp3) is 0.250. The van der Waals surface area contributed by atoms with E-state index in [1.165, 1.54) is 12.4 Å². The summed E-state index contributed by atoms with van der Waals surface area (Å²) < 4.78 is 36.3. The summed E-state index contributed by atoms with van der Waals surface area (Å²) in [7, 11) is 0. The first kappa shape index (κ1) is 9.70. The molecule has 0 fully saturated rings. The molecule has 70 valence electrons. The molecule has 0 bridgehead atoms. The third-order valence-electron chi connectivity index (χ3n) is 1.33. The molecule has 0 atom stereocenters. The highest BCUT2D eigenvalue weighted by molar-refractivity contribution is 5.60. The van der Waals surface area contributed by atoms with Crippen molar-refractivity contribution in [2.45, 2.75) is 13.1 Å². The molecule has 1 aromatic rings. The van der Waals surface area contributed by atoms with Gasteiger partial charge in [0.05, 0.1) is 17.4 Å². The topological polar surface area (TPSA) is 25.2 Å². The molecule has 0 radical (unpaired) electrons. The predicted molar refractivity (Wildman–Crippen MR) is 43.1 cm³/mol. The van der Waals surface area contributed by atoms with Gasteiger partial charge in [0.1, 0.15) is 0 Å². The van der Waals surface area contributed by atoms with Gasteiger partial charge in [0, 0.05) is 12.4 Å². The smallest absolute Gasteiger partial charge is 0.262 e. The van der Waals surface area contributed by atoms with Crippen LogP contribution >= 0.6 is 0 Å². The summed E-state index contributed by atoms with van der Waals surface area (Å²) in [6.45, 7) is 1.63. The molecular weight excluding hydrogens is 181 g/mol. The molecule has 0 saturated heterocycles. The van der Waals surface area contributed by atoms with Crippen LogP contribution in [0.3, 0.4) is 0 Å². The number of aromatic nitrogens is 1. The third kappa shape index (κ3) is 2.54.